The van der Waals surface area contributed by atoms with Gasteiger partial charge in [0.1, 0.15) is 10.6 Å². The fourth-order valence-electron chi connectivity index (χ4n) is 4.87. The van der Waals surface area contributed by atoms with Crippen molar-refractivity contribution in [1.29, 1.82) is 0 Å². The van der Waals surface area contributed by atoms with E-state index >= 15 is 0 Å². The summed E-state index contributed by atoms with van der Waals surface area (Å²) in [5.41, 5.74) is -0.147. The summed E-state index contributed by atoms with van der Waals surface area (Å²) >= 11 is 3.54. The summed E-state index contributed by atoms with van der Waals surface area (Å²) in [5, 5.41) is 25.7. The number of anilines is 5. The van der Waals surface area contributed by atoms with Crippen LogP contribution in [0.2, 0.25) is 5.28 Å². The van der Waals surface area contributed by atoms with Crippen LogP contribution < -0.4 is 15.4 Å². The average Bonchev–Trinajstić information content (AvgIpc) is 3.02. The maximum atomic E-state index is 12.5. The lowest BCUT2D eigenvalue weighted by molar-refractivity contribution is 0.472. The Morgan fingerprint density at radius 1 is 0.760 bits per heavy atom. The van der Waals surface area contributed by atoms with Crippen molar-refractivity contribution in [2.45, 2.75) is 9.79 Å². The minimum Gasteiger partial charge on any atom is -0.755 e. The number of hydrogen-bond donors (Lipinski definition) is 6. The first kappa shape index (κ1) is 34.5. The van der Waals surface area contributed by atoms with E-state index in [2.05, 4.69) is 40.5 Å². The van der Waals surface area contributed by atoms with E-state index in [0.717, 1.165) is 23.6 Å². The van der Waals surface area contributed by atoms with Crippen molar-refractivity contribution in [3.8, 4) is 5.75 Å². The number of aromatic hydroxyl groups is 1. The highest BCUT2D eigenvalue weighted by atomic mass is 35.5. The van der Waals surface area contributed by atoms with E-state index in [0.29, 0.717) is 16.8 Å². The third-order valence-corrected chi connectivity index (χ3v) is 9.17. The molecule has 17 nitrogen and oxygen atoms in total. The van der Waals surface area contributed by atoms with E-state index in [1.54, 1.807) is 36.4 Å². The molecule has 6 aromatic rings. The number of nitrogens with zero attached hydrogens (tertiary/aromatic N) is 5. The number of benzene rings is 5. The van der Waals surface area contributed by atoms with Crippen LogP contribution in [0.25, 0.3) is 21.5 Å². The molecule has 1 atom stereocenters. The lowest BCUT2D eigenvalue weighted by atomic mass is 10.1. The number of nitrogens with one attached hydrogen (secondary N) is 3. The second-order valence-electron chi connectivity index (χ2n) is 10.2. The molecule has 5 aromatic carbocycles. The molecule has 21 heteroatoms. The number of phenolic OH excluding ortho intramolecular Hbond substituents is 1. The summed E-state index contributed by atoms with van der Waals surface area (Å²) in [5.74, 6) is -1.35. The molecule has 0 amide bonds. The van der Waals surface area contributed by atoms with Crippen molar-refractivity contribution in [2.24, 2.45) is 10.2 Å². The van der Waals surface area contributed by atoms with E-state index in [4.69, 9.17) is 11.6 Å². The van der Waals surface area contributed by atoms with E-state index in [-0.39, 0.29) is 39.3 Å². The smallest absolute Gasteiger partial charge is 0.296 e. The van der Waals surface area contributed by atoms with E-state index in [1.165, 1.54) is 18.2 Å². The van der Waals surface area contributed by atoms with Gasteiger partial charge in [0.2, 0.25) is 17.2 Å². The van der Waals surface area contributed by atoms with Gasteiger partial charge in [-0.1, -0.05) is 42.5 Å². The van der Waals surface area contributed by atoms with Crippen molar-refractivity contribution < 1.29 is 39.8 Å². The molecule has 6 rings (SSSR count). The summed E-state index contributed by atoms with van der Waals surface area (Å²) in [6, 6.07) is 20.8. The summed E-state index contributed by atoms with van der Waals surface area (Å²) in [7, 11) is -10.0. The quantitative estimate of drug-likeness (QED) is 0.0521. The fourth-order valence-corrected chi connectivity index (χ4v) is 6.55. The van der Waals surface area contributed by atoms with Gasteiger partial charge in [0.15, 0.2) is 5.75 Å². The third kappa shape index (κ3) is 7.60. The molecule has 1 aromatic heterocycles. The summed E-state index contributed by atoms with van der Waals surface area (Å²) in [6.45, 7) is 0. The molecule has 0 saturated carbocycles. The van der Waals surface area contributed by atoms with Crippen LogP contribution in [0.1, 0.15) is 0 Å². The minimum atomic E-state index is -5.11. The van der Waals surface area contributed by atoms with Gasteiger partial charge in [0.05, 0.1) is 16.3 Å². The van der Waals surface area contributed by atoms with E-state index in [9.17, 15) is 39.8 Å². The predicted octanol–water partition coefficient (Wildman–Crippen LogP) is 6.14. The van der Waals surface area contributed by atoms with E-state index < -0.39 is 52.7 Å². The van der Waals surface area contributed by atoms with Gasteiger partial charge in [-0.25, -0.2) is 0 Å². The van der Waals surface area contributed by atoms with Gasteiger partial charge >= 0.3 is 0 Å². The highest BCUT2D eigenvalue weighted by Crippen LogP contribution is 2.46. The lowest BCUT2D eigenvalue weighted by Gasteiger charge is -2.15. The zero-order chi connectivity index (χ0) is 35.8. The number of hydrogen-bond acceptors (Lipinski definition) is 14. The minimum absolute atomic E-state index is 0.161. The van der Waals surface area contributed by atoms with E-state index in [1.807, 2.05) is 12.1 Å². The summed E-state index contributed by atoms with van der Waals surface area (Å²) in [4.78, 5) is 10.5. The number of azo groups is 1. The Morgan fingerprint density at radius 3 is 2.16 bits per heavy atom. The van der Waals surface area contributed by atoms with Crippen molar-refractivity contribution in [2.75, 3.05) is 15.4 Å². The van der Waals surface area contributed by atoms with Gasteiger partial charge in [-0.15, -0.1) is 10.2 Å². The van der Waals surface area contributed by atoms with Crippen LogP contribution in [0.5, 0.6) is 5.75 Å². The molecular weight excluding hydrogens is 736 g/mol. The molecule has 0 spiro atoms. The van der Waals surface area contributed by atoms with Crippen molar-refractivity contribution in [3.63, 3.8) is 0 Å². The van der Waals surface area contributed by atoms with Gasteiger partial charge in [-0.05, 0) is 64.8 Å². The Balaban J connectivity index is 1.49. The largest absolute Gasteiger partial charge is 0.755 e. The molecule has 1 unspecified atom stereocenters. The Hall–Kier alpha value is -5.35. The van der Waals surface area contributed by atoms with Gasteiger partial charge in [-0.2, -0.15) is 31.8 Å². The van der Waals surface area contributed by atoms with Crippen molar-refractivity contribution in [3.05, 3.63) is 90.2 Å². The van der Waals surface area contributed by atoms with Crippen LogP contribution in [0.15, 0.2) is 105 Å². The molecule has 0 radical (unpaired) electrons. The monoisotopic (exact) mass is 755 g/mol. The first-order valence-electron chi connectivity index (χ1n) is 13.8. The maximum Gasteiger partial charge on any atom is 0.296 e. The number of halogens is 1. The Bertz CT molecular complexity index is 2600. The normalized spacial score (nSPS) is 12.7. The van der Waals surface area contributed by atoms with Crippen LogP contribution in [-0.4, -0.2) is 54.8 Å². The second-order valence-corrected chi connectivity index (χ2v) is 14.0. The molecule has 1 heterocycles. The van der Waals surface area contributed by atoms with Gasteiger partial charge in [0.25, 0.3) is 20.2 Å². The first-order valence-corrected chi connectivity index (χ1v) is 18.1. The number of fused-ring (bicyclic) bond motifs is 2. The number of aromatic nitrogens is 3. The van der Waals surface area contributed by atoms with Crippen LogP contribution >= 0.6 is 11.6 Å². The number of phenols is 1. The first-order chi connectivity index (χ1) is 23.7. The third-order valence-electron chi connectivity index (χ3n) is 6.90. The van der Waals surface area contributed by atoms with Gasteiger partial charge in [0, 0.05) is 33.4 Å². The summed E-state index contributed by atoms with van der Waals surface area (Å²) in [6.07, 6.45) is 0. The standard InChI is InChI=1S/C29H21ClN8O9S3/c30-27-33-28(31-17-7-4-8-18(13-17)38-48(40)41)35-29(34-27)32-22-14-19(49(42,43)44)11-16-12-23(50(45,46)47)25(26(39)24(16)22)37-36-21-10-3-6-15-5-1-2-9-20(15)21/h1-14,38-39H,(H,40,41)(H,42,43,44)(H,45,46,47)(H2,31,32,33,34,35)/p-1. The fraction of sp³-hybridized carbons (Fsp3) is 0. The number of rotatable bonds is 10. The zero-order valence-corrected chi connectivity index (χ0v) is 27.9. The van der Waals surface area contributed by atoms with Crippen LogP contribution in [-0.2, 0) is 31.5 Å². The Labute approximate surface area is 290 Å². The Morgan fingerprint density at radius 2 is 1.44 bits per heavy atom. The SMILES string of the molecule is O=S([O-])Nc1cccc(Nc2nc(Cl)nc(Nc3cc(S(=O)(=O)O)cc4cc(S(=O)(=O)O)c(N=Nc5cccc6ccccc56)c(O)c34)n2)c1. The highest BCUT2D eigenvalue weighted by molar-refractivity contribution is 7.86. The predicted molar refractivity (Wildman–Crippen MR) is 184 cm³/mol. The molecule has 0 aliphatic heterocycles. The topological polar surface area (TPSA) is 269 Å². The zero-order valence-electron chi connectivity index (χ0n) is 24.7. The molecule has 50 heavy (non-hydrogen) atoms. The molecule has 6 N–H and O–H groups in total. The molecule has 0 fully saturated rings. The maximum absolute atomic E-state index is 12.5. The highest BCUT2D eigenvalue weighted by Gasteiger charge is 2.26. The molecule has 0 bridgehead atoms. The Kier molecular flexibility index (Phi) is 9.33. The average molecular weight is 756 g/mol. The second kappa shape index (κ2) is 13.5. The van der Waals surface area contributed by atoms with Gasteiger partial charge in [-0.3, -0.25) is 13.3 Å². The molecule has 0 aliphatic carbocycles. The molecular formula is C29H20ClN8O9S3-. The summed E-state index contributed by atoms with van der Waals surface area (Å²) < 4.78 is 93.7. The molecule has 0 aliphatic rings. The van der Waals surface area contributed by atoms with Crippen molar-refractivity contribution >= 4 is 105 Å². The van der Waals surface area contributed by atoms with Crippen LogP contribution in [0, 0.1) is 0 Å². The van der Waals surface area contributed by atoms with Gasteiger partial charge < -0.3 is 25.0 Å². The lowest BCUT2D eigenvalue weighted by Crippen LogP contribution is -2.07. The van der Waals surface area contributed by atoms with Crippen LogP contribution in [0.4, 0.5) is 40.3 Å². The molecule has 256 valence electrons. The molecule has 0 saturated heterocycles. The van der Waals surface area contributed by atoms with Crippen LogP contribution in [0.3, 0.4) is 0 Å². The van der Waals surface area contributed by atoms with Crippen molar-refractivity contribution in [1.82, 2.24) is 15.0 Å².